The average Bonchev–Trinajstić information content (AvgIpc) is 3.57. The Kier molecular flexibility index (Phi) is 7.98. The molecule has 3 amide bonds. The Bertz CT molecular complexity index is 1280. The van der Waals surface area contributed by atoms with E-state index in [4.69, 9.17) is 27.9 Å². The number of likely N-dealkylation sites (tertiary alicyclic amines) is 1. The van der Waals surface area contributed by atoms with Gasteiger partial charge in [0.15, 0.2) is 0 Å². The molecule has 2 bridgehead atoms. The molecule has 1 spiro atoms. The Morgan fingerprint density at radius 3 is 2.59 bits per heavy atom. The lowest BCUT2D eigenvalue weighted by molar-refractivity contribution is -0.141. The fourth-order valence-electron chi connectivity index (χ4n) is 7.80. The first kappa shape index (κ1) is 28.8. The number of rotatable bonds is 7. The molecule has 7 nitrogen and oxygen atoms in total. The van der Waals surface area contributed by atoms with Gasteiger partial charge in [-0.25, -0.2) is 0 Å². The first-order valence-corrected chi connectivity index (χ1v) is 15.9. The van der Waals surface area contributed by atoms with Crippen LogP contribution in [-0.2, 0) is 19.1 Å². The highest BCUT2D eigenvalue weighted by atomic mass is 35.5. The van der Waals surface area contributed by atoms with E-state index in [1.807, 2.05) is 12.2 Å². The average molecular weight is 601 g/mol. The lowest BCUT2D eigenvalue weighted by atomic mass is 9.73. The second-order valence-corrected chi connectivity index (χ2v) is 13.5. The molecule has 2 saturated heterocycles. The molecule has 0 unspecified atom stereocenters. The zero-order chi connectivity index (χ0) is 28.9. The maximum Gasteiger partial charge on any atom is 0.246 e. The molecule has 1 aromatic rings. The third-order valence-corrected chi connectivity index (χ3v) is 10.6. The van der Waals surface area contributed by atoms with E-state index in [0.29, 0.717) is 34.1 Å². The molecular weight excluding hydrogens is 561 g/mol. The van der Waals surface area contributed by atoms with E-state index in [1.165, 1.54) is 12.0 Å². The molecule has 3 fully saturated rings. The van der Waals surface area contributed by atoms with Crippen LogP contribution in [0.3, 0.4) is 0 Å². The molecule has 2 aliphatic carbocycles. The summed E-state index contributed by atoms with van der Waals surface area (Å²) >= 11 is 12.3. The molecule has 0 radical (unpaired) electrons. The summed E-state index contributed by atoms with van der Waals surface area (Å²) in [5.74, 6) is -1.41. The van der Waals surface area contributed by atoms with Crippen molar-refractivity contribution in [3.05, 3.63) is 52.0 Å². The molecule has 3 heterocycles. The van der Waals surface area contributed by atoms with Crippen LogP contribution >= 0.6 is 23.2 Å². The number of halogens is 2. The van der Waals surface area contributed by atoms with Gasteiger partial charge < -0.3 is 20.3 Å². The van der Waals surface area contributed by atoms with E-state index in [9.17, 15) is 14.4 Å². The monoisotopic (exact) mass is 599 g/mol. The Morgan fingerprint density at radius 1 is 1.07 bits per heavy atom. The summed E-state index contributed by atoms with van der Waals surface area (Å²) in [6, 6.07) is 4.05. The van der Waals surface area contributed by atoms with Gasteiger partial charge in [0.1, 0.15) is 11.6 Å². The molecule has 41 heavy (non-hydrogen) atoms. The van der Waals surface area contributed by atoms with Gasteiger partial charge in [-0.05, 0) is 68.6 Å². The van der Waals surface area contributed by atoms with Crippen LogP contribution in [0.5, 0.6) is 0 Å². The molecule has 1 saturated carbocycles. The molecule has 3 aliphatic heterocycles. The zero-order valence-corrected chi connectivity index (χ0v) is 25.2. The van der Waals surface area contributed by atoms with Gasteiger partial charge in [-0.15, -0.1) is 0 Å². The topological polar surface area (TPSA) is 87.7 Å². The van der Waals surface area contributed by atoms with Crippen LogP contribution in [-0.4, -0.2) is 53.0 Å². The van der Waals surface area contributed by atoms with Crippen molar-refractivity contribution in [3.8, 4) is 0 Å². The predicted molar refractivity (Wildman–Crippen MR) is 160 cm³/mol. The van der Waals surface area contributed by atoms with E-state index in [1.54, 1.807) is 23.1 Å². The smallest absolute Gasteiger partial charge is 0.246 e. The molecule has 5 aliphatic rings. The van der Waals surface area contributed by atoms with Crippen molar-refractivity contribution in [2.75, 3.05) is 11.9 Å². The Hall–Kier alpha value is -2.35. The number of hydrogen-bond acceptors (Lipinski definition) is 4. The number of carbonyl (C=O) groups is 3. The van der Waals surface area contributed by atoms with E-state index in [0.717, 1.165) is 44.9 Å². The molecule has 9 heteroatoms. The summed E-state index contributed by atoms with van der Waals surface area (Å²) in [4.78, 5) is 43.8. The molecule has 1 aromatic carbocycles. The van der Waals surface area contributed by atoms with Gasteiger partial charge in [-0.3, -0.25) is 14.4 Å². The van der Waals surface area contributed by atoms with Gasteiger partial charge in [0.2, 0.25) is 17.7 Å². The van der Waals surface area contributed by atoms with Gasteiger partial charge in [0, 0.05) is 28.3 Å². The molecule has 2 N–H and O–H groups in total. The first-order valence-electron chi connectivity index (χ1n) is 15.1. The SMILES string of the molecule is C[C@H]1[C@H](C)CCC[C@@H]1NC(=O)[C@@H]1N(CCC2=CCCCC2)C(=O)[C@@H]2[C@@H](C(=O)Nc3cc(Cl)cc(Cl)c3)[C@@H]3C=C[C@]21O3. The van der Waals surface area contributed by atoms with Crippen LogP contribution < -0.4 is 10.6 Å². The summed E-state index contributed by atoms with van der Waals surface area (Å²) in [6.45, 7) is 4.86. The number of carbonyl (C=O) groups excluding carboxylic acids is 3. The molecule has 0 aromatic heterocycles. The first-order chi connectivity index (χ1) is 19.7. The van der Waals surface area contributed by atoms with Crippen molar-refractivity contribution in [1.82, 2.24) is 10.2 Å². The maximum absolute atomic E-state index is 14.2. The second-order valence-electron chi connectivity index (χ2n) is 12.6. The van der Waals surface area contributed by atoms with Crippen molar-refractivity contribution < 1.29 is 19.1 Å². The fourth-order valence-corrected chi connectivity index (χ4v) is 8.33. The Labute approximate surface area is 252 Å². The highest BCUT2D eigenvalue weighted by Gasteiger charge is 2.72. The number of anilines is 1. The van der Waals surface area contributed by atoms with Crippen molar-refractivity contribution in [2.45, 2.75) is 89.0 Å². The van der Waals surface area contributed by atoms with Crippen LogP contribution in [0.2, 0.25) is 10.0 Å². The molecule has 220 valence electrons. The maximum atomic E-state index is 14.2. The molecule has 6 rings (SSSR count). The standard InChI is InChI=1S/C32H39Cl2N3O4/c1-18-7-6-10-24(19(18)2)36-30(39)28-32-13-11-25(41-32)26(29(38)35-23-16-21(33)15-22(34)17-23)27(32)31(40)37(28)14-12-20-8-4-3-5-9-20/h8,11,13,15-19,24-28H,3-7,9-10,12,14H2,1-2H3,(H,35,38)(H,36,39)/t18-,19+,24+,25+,26+,27+,28+,32+/m1/s1. The number of amides is 3. The third kappa shape index (κ3) is 5.23. The summed E-state index contributed by atoms with van der Waals surface area (Å²) in [7, 11) is 0. The van der Waals surface area contributed by atoms with E-state index < -0.39 is 29.6 Å². The Morgan fingerprint density at radius 2 is 1.85 bits per heavy atom. The van der Waals surface area contributed by atoms with E-state index >= 15 is 0 Å². The number of benzene rings is 1. The number of ether oxygens (including phenoxy) is 1. The van der Waals surface area contributed by atoms with Crippen molar-refractivity contribution in [3.63, 3.8) is 0 Å². The van der Waals surface area contributed by atoms with Crippen molar-refractivity contribution >= 4 is 46.6 Å². The number of allylic oxidation sites excluding steroid dienone is 1. The largest absolute Gasteiger partial charge is 0.359 e. The quantitative estimate of drug-likeness (QED) is 0.381. The van der Waals surface area contributed by atoms with E-state index in [2.05, 4.69) is 30.6 Å². The zero-order valence-electron chi connectivity index (χ0n) is 23.7. The number of hydrogen-bond donors (Lipinski definition) is 2. The van der Waals surface area contributed by atoms with Gasteiger partial charge >= 0.3 is 0 Å². The minimum Gasteiger partial charge on any atom is -0.359 e. The molecular formula is C32H39Cl2N3O4. The fraction of sp³-hybridized carbons (Fsp3) is 0.594. The van der Waals surface area contributed by atoms with Crippen LogP contribution in [0.1, 0.15) is 65.2 Å². The number of nitrogens with zero attached hydrogens (tertiary/aromatic N) is 1. The summed E-state index contributed by atoms with van der Waals surface area (Å²) in [5, 5.41) is 7.02. The normalized spacial score (nSPS) is 35.8. The number of fused-ring (bicyclic) bond motifs is 1. The summed E-state index contributed by atoms with van der Waals surface area (Å²) < 4.78 is 6.50. The highest BCUT2D eigenvalue weighted by molar-refractivity contribution is 6.35. The van der Waals surface area contributed by atoms with Crippen LogP contribution in [0.15, 0.2) is 42.0 Å². The Balaban J connectivity index is 1.29. The second kappa shape index (κ2) is 11.4. The lowest BCUT2D eigenvalue weighted by Gasteiger charge is -2.38. The van der Waals surface area contributed by atoms with Gasteiger partial charge in [-0.1, -0.05) is 73.7 Å². The van der Waals surface area contributed by atoms with Gasteiger partial charge in [-0.2, -0.15) is 0 Å². The van der Waals surface area contributed by atoms with E-state index in [-0.39, 0.29) is 23.8 Å². The minimum absolute atomic E-state index is 0.0500. The van der Waals surface area contributed by atoms with Crippen LogP contribution in [0, 0.1) is 23.7 Å². The molecule has 8 atom stereocenters. The number of nitrogens with one attached hydrogen (secondary N) is 2. The van der Waals surface area contributed by atoms with Crippen LogP contribution in [0.25, 0.3) is 0 Å². The predicted octanol–water partition coefficient (Wildman–Crippen LogP) is 5.91. The van der Waals surface area contributed by atoms with Gasteiger partial charge in [0.05, 0.1) is 17.9 Å². The minimum atomic E-state index is -1.18. The lowest BCUT2D eigenvalue weighted by Crippen LogP contribution is -2.58. The summed E-state index contributed by atoms with van der Waals surface area (Å²) in [6.07, 6.45) is 13.7. The highest BCUT2D eigenvalue weighted by Crippen LogP contribution is 2.55. The van der Waals surface area contributed by atoms with Crippen LogP contribution in [0.4, 0.5) is 5.69 Å². The van der Waals surface area contributed by atoms with Crippen molar-refractivity contribution in [1.29, 1.82) is 0 Å². The van der Waals surface area contributed by atoms with Gasteiger partial charge in [0.25, 0.3) is 0 Å². The third-order valence-electron chi connectivity index (χ3n) is 10.1. The van der Waals surface area contributed by atoms with Crippen molar-refractivity contribution in [2.24, 2.45) is 23.7 Å². The summed E-state index contributed by atoms with van der Waals surface area (Å²) in [5.41, 5.74) is 0.611.